The van der Waals surface area contributed by atoms with E-state index >= 15 is 0 Å². The molecule has 0 atom stereocenters. The van der Waals surface area contributed by atoms with Crippen LogP contribution in [0.4, 0.5) is 0 Å². The third kappa shape index (κ3) is 4.40. The topological polar surface area (TPSA) is 43.1 Å². The van der Waals surface area contributed by atoms with Gasteiger partial charge in [-0.1, -0.05) is 146 Å². The maximum atomic E-state index is 4.93. The number of hydrogen-bond donors (Lipinski definition) is 0. The molecule has 0 spiro atoms. The molecule has 0 aliphatic rings. The Morgan fingerprint density at radius 1 is 0.391 bits per heavy atom. The second kappa shape index (κ2) is 10.9. The van der Waals surface area contributed by atoms with Crippen LogP contribution >= 0.6 is 11.3 Å². The Morgan fingerprint density at radius 3 is 1.48 bits per heavy atom. The Labute approximate surface area is 269 Å². The van der Waals surface area contributed by atoms with Crippen LogP contribution in [0.1, 0.15) is 0 Å². The van der Waals surface area contributed by atoms with Gasteiger partial charge in [-0.25, -0.2) is 15.0 Å². The van der Waals surface area contributed by atoms with E-state index in [-0.39, 0.29) is 0 Å². The van der Waals surface area contributed by atoms with Crippen molar-refractivity contribution in [2.24, 2.45) is 0 Å². The van der Waals surface area contributed by atoms with E-state index in [2.05, 4.69) is 101 Å². The lowest BCUT2D eigenvalue weighted by Gasteiger charge is -2.09. The lowest BCUT2D eigenvalue weighted by atomic mass is 10.0. The average molecular weight is 607 g/mol. The Balaban J connectivity index is 1.20. The minimum absolute atomic E-state index is 0.653. The van der Waals surface area contributed by atoms with Gasteiger partial charge in [-0.15, -0.1) is 11.3 Å². The van der Waals surface area contributed by atoms with E-state index in [1.54, 1.807) is 0 Å². The minimum Gasteiger partial charge on any atom is -0.299 e. The molecule has 0 saturated carbocycles. The summed E-state index contributed by atoms with van der Waals surface area (Å²) in [4.78, 5) is 16.0. The largest absolute Gasteiger partial charge is 0.299 e. The average Bonchev–Trinajstić information content (AvgIpc) is 3.67. The summed E-state index contributed by atoms with van der Waals surface area (Å²) >= 11 is 1.86. The molecule has 0 radical (unpaired) electrons. The monoisotopic (exact) mass is 606 g/mol. The summed E-state index contributed by atoms with van der Waals surface area (Å²) in [5.74, 6) is 1.97. The van der Waals surface area contributed by atoms with Crippen molar-refractivity contribution < 1.29 is 0 Å². The second-order valence-electron chi connectivity index (χ2n) is 11.3. The van der Waals surface area contributed by atoms with E-state index < -0.39 is 0 Å². The first-order chi connectivity index (χ1) is 22.8. The van der Waals surface area contributed by atoms with Gasteiger partial charge in [0.25, 0.3) is 0 Å². The standard InChI is InChI=1S/C41H26N4S/c1-4-13-27(14-5-1)32-20-12-22-35-37(32)46-41-36(33-19-10-11-21-34(33)45(35)41)28-23-25-31(26-24-28)40-43-38(29-15-6-2-7-16-29)42-39(44-40)30-17-8-3-9-18-30/h1-26H. The first kappa shape index (κ1) is 26.5. The first-order valence-corrected chi connectivity index (χ1v) is 16.1. The van der Waals surface area contributed by atoms with E-state index in [0.29, 0.717) is 17.5 Å². The molecular formula is C41H26N4S. The third-order valence-corrected chi connectivity index (χ3v) is 9.69. The van der Waals surface area contributed by atoms with Gasteiger partial charge in [0, 0.05) is 33.2 Å². The molecule has 4 nitrogen and oxygen atoms in total. The first-order valence-electron chi connectivity index (χ1n) is 15.3. The molecule has 5 heteroatoms. The van der Waals surface area contributed by atoms with Crippen molar-refractivity contribution in [2.75, 3.05) is 0 Å². The molecule has 6 aromatic carbocycles. The Morgan fingerprint density at radius 2 is 0.870 bits per heavy atom. The molecular weight excluding hydrogens is 581 g/mol. The van der Waals surface area contributed by atoms with E-state index in [4.69, 9.17) is 15.0 Å². The SMILES string of the molecule is c1ccc(-c2nc(-c3ccccc3)nc(-c3ccc(-c4c5ccccc5n5c4sc4c(-c6ccccc6)cccc45)cc3)n2)cc1. The summed E-state index contributed by atoms with van der Waals surface area (Å²) in [6.45, 7) is 0. The molecule has 0 bridgehead atoms. The number of nitrogens with zero attached hydrogens (tertiary/aromatic N) is 4. The fraction of sp³-hybridized carbons (Fsp3) is 0. The van der Waals surface area contributed by atoms with Gasteiger partial charge in [0.15, 0.2) is 17.5 Å². The van der Waals surface area contributed by atoms with Gasteiger partial charge in [-0.3, -0.25) is 4.40 Å². The fourth-order valence-electron chi connectivity index (χ4n) is 6.30. The van der Waals surface area contributed by atoms with Crippen LogP contribution in [-0.4, -0.2) is 19.4 Å². The summed E-state index contributed by atoms with van der Waals surface area (Å²) in [6, 6.07) is 54.9. The van der Waals surface area contributed by atoms with E-state index in [1.165, 1.54) is 42.6 Å². The predicted molar refractivity (Wildman–Crippen MR) is 191 cm³/mol. The number of benzene rings is 6. The lowest BCUT2D eigenvalue weighted by molar-refractivity contribution is 1.07. The number of hydrogen-bond acceptors (Lipinski definition) is 4. The molecule has 0 aliphatic heterocycles. The summed E-state index contributed by atoms with van der Waals surface area (Å²) in [5.41, 5.74) is 10.2. The van der Waals surface area contributed by atoms with Gasteiger partial charge in [0.05, 0.1) is 15.7 Å². The highest BCUT2D eigenvalue weighted by molar-refractivity contribution is 7.25. The Kier molecular flexibility index (Phi) is 6.28. The molecule has 3 heterocycles. The summed E-state index contributed by atoms with van der Waals surface area (Å²) in [7, 11) is 0. The maximum Gasteiger partial charge on any atom is 0.164 e. The zero-order valence-corrected chi connectivity index (χ0v) is 25.5. The molecule has 9 aromatic rings. The molecule has 0 aliphatic carbocycles. The summed E-state index contributed by atoms with van der Waals surface area (Å²) in [5, 5.41) is 1.24. The van der Waals surface area contributed by atoms with Crippen molar-refractivity contribution in [3.8, 4) is 56.4 Å². The van der Waals surface area contributed by atoms with Crippen LogP contribution in [-0.2, 0) is 0 Å². The van der Waals surface area contributed by atoms with Gasteiger partial charge in [-0.05, 0) is 23.3 Å². The van der Waals surface area contributed by atoms with Crippen molar-refractivity contribution in [2.45, 2.75) is 0 Å². The molecule has 9 rings (SSSR count). The van der Waals surface area contributed by atoms with Crippen molar-refractivity contribution in [1.29, 1.82) is 0 Å². The van der Waals surface area contributed by atoms with Crippen LogP contribution in [0, 0.1) is 0 Å². The minimum atomic E-state index is 0.653. The predicted octanol–water partition coefficient (Wildman–Crippen LogP) is 10.8. The fourth-order valence-corrected chi connectivity index (χ4v) is 7.68. The number of thiazole rings is 1. The van der Waals surface area contributed by atoms with E-state index in [0.717, 1.165) is 22.3 Å². The third-order valence-electron chi connectivity index (χ3n) is 8.48. The van der Waals surface area contributed by atoms with E-state index in [9.17, 15) is 0 Å². The van der Waals surface area contributed by atoms with Gasteiger partial charge in [0.2, 0.25) is 0 Å². The van der Waals surface area contributed by atoms with Crippen LogP contribution in [0.5, 0.6) is 0 Å². The van der Waals surface area contributed by atoms with E-state index in [1.807, 2.05) is 72.0 Å². The van der Waals surface area contributed by atoms with Crippen LogP contribution in [0.2, 0.25) is 0 Å². The van der Waals surface area contributed by atoms with Crippen LogP contribution in [0.3, 0.4) is 0 Å². The quantitative estimate of drug-likeness (QED) is 0.196. The second-order valence-corrected chi connectivity index (χ2v) is 12.3. The van der Waals surface area contributed by atoms with Crippen molar-refractivity contribution in [3.63, 3.8) is 0 Å². The van der Waals surface area contributed by atoms with Crippen molar-refractivity contribution in [1.82, 2.24) is 19.4 Å². The molecule has 0 unspecified atom stereocenters. The van der Waals surface area contributed by atoms with Gasteiger partial charge >= 0.3 is 0 Å². The maximum absolute atomic E-state index is 4.93. The Hall–Kier alpha value is -5.91. The highest BCUT2D eigenvalue weighted by atomic mass is 32.1. The van der Waals surface area contributed by atoms with Gasteiger partial charge < -0.3 is 0 Å². The normalized spacial score (nSPS) is 11.5. The number of rotatable bonds is 5. The zero-order valence-electron chi connectivity index (χ0n) is 24.7. The van der Waals surface area contributed by atoms with Crippen molar-refractivity contribution >= 4 is 37.3 Å². The number of aromatic nitrogens is 4. The zero-order chi connectivity index (χ0) is 30.5. The summed E-state index contributed by atoms with van der Waals surface area (Å²) in [6.07, 6.45) is 0. The molecule has 0 N–H and O–H groups in total. The van der Waals surface area contributed by atoms with Crippen LogP contribution < -0.4 is 0 Å². The van der Waals surface area contributed by atoms with Gasteiger partial charge in [-0.2, -0.15) is 0 Å². The van der Waals surface area contributed by atoms with Crippen LogP contribution in [0.15, 0.2) is 158 Å². The lowest BCUT2D eigenvalue weighted by Crippen LogP contribution is -2.00. The molecule has 0 amide bonds. The number of para-hydroxylation sites is 1. The van der Waals surface area contributed by atoms with Crippen molar-refractivity contribution in [3.05, 3.63) is 158 Å². The highest BCUT2D eigenvalue weighted by Gasteiger charge is 2.20. The molecule has 0 fully saturated rings. The van der Waals surface area contributed by atoms with Gasteiger partial charge in [0.1, 0.15) is 4.83 Å². The highest BCUT2D eigenvalue weighted by Crippen LogP contribution is 2.44. The smallest absolute Gasteiger partial charge is 0.164 e. The molecule has 46 heavy (non-hydrogen) atoms. The summed E-state index contributed by atoms with van der Waals surface area (Å²) < 4.78 is 3.72. The molecule has 3 aromatic heterocycles. The molecule has 0 saturated heterocycles. The number of fused-ring (bicyclic) bond motifs is 5. The Bertz CT molecular complexity index is 2440. The molecule has 216 valence electrons. The van der Waals surface area contributed by atoms with Crippen LogP contribution in [0.25, 0.3) is 82.4 Å².